The van der Waals surface area contributed by atoms with Crippen molar-refractivity contribution in [2.45, 2.75) is 77.3 Å². The van der Waals surface area contributed by atoms with Crippen molar-refractivity contribution in [3.05, 3.63) is 66.0 Å². The van der Waals surface area contributed by atoms with Crippen molar-refractivity contribution in [2.24, 2.45) is 5.73 Å². The van der Waals surface area contributed by atoms with Crippen molar-refractivity contribution >= 4 is 16.1 Å². The largest absolute Gasteiger partial charge is 0.748 e. The van der Waals surface area contributed by atoms with Gasteiger partial charge in [0.05, 0.1) is 15.9 Å². The topological polar surface area (TPSA) is 113 Å². The number of esters is 1. The highest BCUT2D eigenvalue weighted by molar-refractivity contribution is 7.84. The van der Waals surface area contributed by atoms with Crippen LogP contribution in [0, 0.1) is 6.92 Å². The van der Waals surface area contributed by atoms with Gasteiger partial charge in [0.2, 0.25) is 0 Å². The SMILES string of the molecule is Cc1cc[n+](CCCCCC(N)C(=O)OC(C)(C)C)cc1.O=S(=O)([O-])Cc1ccccc1. The summed E-state index contributed by atoms with van der Waals surface area (Å²) in [6.45, 7) is 8.66. The van der Waals surface area contributed by atoms with Gasteiger partial charge in [-0.3, -0.25) is 4.79 Å². The fourth-order valence-electron chi connectivity index (χ4n) is 2.79. The first-order valence-electron chi connectivity index (χ1n) is 10.8. The molecule has 0 radical (unpaired) electrons. The highest BCUT2D eigenvalue weighted by atomic mass is 32.2. The summed E-state index contributed by atoms with van der Waals surface area (Å²) in [4.78, 5) is 11.7. The van der Waals surface area contributed by atoms with E-state index in [0.717, 1.165) is 25.8 Å². The van der Waals surface area contributed by atoms with Gasteiger partial charge in [-0.2, -0.15) is 0 Å². The van der Waals surface area contributed by atoms with Gasteiger partial charge in [-0.05, 0) is 51.7 Å². The van der Waals surface area contributed by atoms with Crippen LogP contribution in [0.25, 0.3) is 0 Å². The van der Waals surface area contributed by atoms with E-state index in [2.05, 4.69) is 36.0 Å². The van der Waals surface area contributed by atoms with E-state index in [1.807, 2.05) is 20.8 Å². The molecule has 1 atom stereocenters. The quantitative estimate of drug-likeness (QED) is 0.264. The highest BCUT2D eigenvalue weighted by Gasteiger charge is 2.21. The average Bonchev–Trinajstić information content (AvgIpc) is 2.67. The first-order valence-corrected chi connectivity index (χ1v) is 12.3. The maximum atomic E-state index is 11.7. The van der Waals surface area contributed by atoms with Crippen LogP contribution in [-0.2, 0) is 31.9 Å². The number of unbranched alkanes of at least 4 members (excludes halogenated alkanes) is 2. The summed E-state index contributed by atoms with van der Waals surface area (Å²) in [6, 6.07) is 12.1. The van der Waals surface area contributed by atoms with Crippen LogP contribution >= 0.6 is 0 Å². The smallest absolute Gasteiger partial charge is 0.323 e. The fraction of sp³-hybridized carbons (Fsp3) is 0.500. The second-order valence-corrected chi connectivity index (χ2v) is 10.2. The van der Waals surface area contributed by atoms with Gasteiger partial charge in [0.15, 0.2) is 12.4 Å². The molecule has 2 N–H and O–H groups in total. The molecule has 0 saturated carbocycles. The van der Waals surface area contributed by atoms with Crippen LogP contribution in [0.2, 0.25) is 0 Å². The van der Waals surface area contributed by atoms with E-state index >= 15 is 0 Å². The van der Waals surface area contributed by atoms with Crippen LogP contribution in [0.4, 0.5) is 0 Å². The summed E-state index contributed by atoms with van der Waals surface area (Å²) in [7, 11) is -4.13. The molecule has 32 heavy (non-hydrogen) atoms. The Morgan fingerprint density at radius 3 is 2.19 bits per heavy atom. The molecule has 7 nitrogen and oxygen atoms in total. The minimum Gasteiger partial charge on any atom is -0.748 e. The third kappa shape index (κ3) is 13.9. The lowest BCUT2D eigenvalue weighted by Crippen LogP contribution is -2.37. The second-order valence-electron chi connectivity index (χ2n) is 8.79. The monoisotopic (exact) mass is 464 g/mol. The van der Waals surface area contributed by atoms with Crippen LogP contribution in [0.1, 0.15) is 57.6 Å². The van der Waals surface area contributed by atoms with Gasteiger partial charge >= 0.3 is 5.97 Å². The summed E-state index contributed by atoms with van der Waals surface area (Å²) in [5.41, 5.74) is 7.20. The van der Waals surface area contributed by atoms with Gasteiger partial charge in [0.25, 0.3) is 0 Å². The summed E-state index contributed by atoms with van der Waals surface area (Å²) in [6.07, 6.45) is 8.00. The number of pyridine rings is 1. The molecule has 1 aromatic heterocycles. The number of benzene rings is 1. The highest BCUT2D eigenvalue weighted by Crippen LogP contribution is 2.11. The molecule has 0 fully saturated rings. The lowest BCUT2D eigenvalue weighted by molar-refractivity contribution is -0.697. The number of carbonyl (C=O) groups is 1. The van der Waals surface area contributed by atoms with Crippen molar-refractivity contribution in [2.75, 3.05) is 0 Å². The second kappa shape index (κ2) is 13.3. The van der Waals surface area contributed by atoms with Gasteiger partial charge in [-0.15, -0.1) is 0 Å². The number of nitrogens with zero attached hydrogens (tertiary/aromatic N) is 1. The first-order chi connectivity index (χ1) is 14.9. The van der Waals surface area contributed by atoms with Crippen molar-refractivity contribution in [1.82, 2.24) is 0 Å². The number of hydrogen-bond donors (Lipinski definition) is 1. The molecular weight excluding hydrogens is 428 g/mol. The molecule has 8 heteroatoms. The average molecular weight is 465 g/mol. The van der Waals surface area contributed by atoms with E-state index in [-0.39, 0.29) is 5.97 Å². The van der Waals surface area contributed by atoms with E-state index in [1.54, 1.807) is 30.3 Å². The Bertz CT molecular complexity index is 908. The Labute approximate surface area is 192 Å². The molecule has 0 saturated heterocycles. The van der Waals surface area contributed by atoms with E-state index < -0.39 is 27.5 Å². The van der Waals surface area contributed by atoms with Crippen LogP contribution < -0.4 is 10.3 Å². The summed E-state index contributed by atoms with van der Waals surface area (Å²) < 4.78 is 38.2. The van der Waals surface area contributed by atoms with Crippen LogP contribution in [-0.4, -0.2) is 30.6 Å². The molecule has 0 amide bonds. The third-order valence-electron chi connectivity index (χ3n) is 4.39. The standard InChI is InChI=1S/C17H29N2O2.C7H8O3S/c1-14-9-12-19(13-10-14)11-7-5-6-8-15(18)16(20)21-17(2,3)4;8-11(9,10)6-7-4-2-1-3-5-7/h9-10,12-13,15H,5-8,11,18H2,1-4H3;1-5H,6H2,(H,8,9,10)/q+1;/p-1. The lowest BCUT2D eigenvalue weighted by atomic mass is 10.1. The Hall–Kier alpha value is -2.29. The van der Waals surface area contributed by atoms with E-state index in [1.165, 1.54) is 5.56 Å². The molecular formula is C24H36N2O5S. The zero-order chi connectivity index (χ0) is 24.2. The van der Waals surface area contributed by atoms with Gasteiger partial charge < -0.3 is 15.0 Å². The maximum Gasteiger partial charge on any atom is 0.323 e. The molecule has 0 bridgehead atoms. The van der Waals surface area contributed by atoms with Crippen LogP contribution in [0.5, 0.6) is 0 Å². The van der Waals surface area contributed by atoms with Crippen molar-refractivity contribution < 1.29 is 27.1 Å². The Morgan fingerprint density at radius 1 is 1.06 bits per heavy atom. The first kappa shape index (κ1) is 27.7. The van der Waals surface area contributed by atoms with E-state index in [0.29, 0.717) is 12.0 Å². The predicted molar refractivity (Wildman–Crippen MR) is 124 cm³/mol. The Morgan fingerprint density at radius 2 is 1.66 bits per heavy atom. The zero-order valence-electron chi connectivity index (χ0n) is 19.5. The number of aromatic nitrogens is 1. The molecule has 178 valence electrons. The van der Waals surface area contributed by atoms with Crippen molar-refractivity contribution in [1.29, 1.82) is 0 Å². The van der Waals surface area contributed by atoms with E-state index in [9.17, 15) is 17.8 Å². The molecule has 2 aromatic rings. The molecule has 1 unspecified atom stereocenters. The molecule has 0 aliphatic heterocycles. The molecule has 2 rings (SSSR count). The number of ether oxygens (including phenoxy) is 1. The van der Waals surface area contributed by atoms with Crippen LogP contribution in [0.3, 0.4) is 0 Å². The van der Waals surface area contributed by atoms with Crippen molar-refractivity contribution in [3.8, 4) is 0 Å². The summed E-state index contributed by atoms with van der Waals surface area (Å²) in [5.74, 6) is -0.719. The van der Waals surface area contributed by atoms with Gasteiger partial charge in [0, 0.05) is 18.6 Å². The number of nitrogens with two attached hydrogens (primary N) is 1. The molecule has 1 heterocycles. The van der Waals surface area contributed by atoms with Gasteiger partial charge in [0.1, 0.15) is 18.2 Å². The van der Waals surface area contributed by atoms with E-state index in [4.69, 9.17) is 10.5 Å². The molecule has 1 aromatic carbocycles. The lowest BCUT2D eigenvalue weighted by Gasteiger charge is -2.22. The van der Waals surface area contributed by atoms with Crippen LogP contribution in [0.15, 0.2) is 54.9 Å². The normalized spacial score (nSPS) is 12.4. The molecule has 0 spiro atoms. The number of aryl methyl sites for hydroxylation is 2. The molecule has 0 aliphatic rings. The fourth-order valence-corrected chi connectivity index (χ4v) is 3.39. The Kier molecular flexibility index (Phi) is 11.5. The summed E-state index contributed by atoms with van der Waals surface area (Å²) in [5, 5.41) is 0. The number of rotatable bonds is 9. The number of carbonyl (C=O) groups excluding carboxylic acids is 1. The zero-order valence-corrected chi connectivity index (χ0v) is 20.3. The molecule has 0 aliphatic carbocycles. The van der Waals surface area contributed by atoms with Gasteiger partial charge in [-0.1, -0.05) is 36.8 Å². The van der Waals surface area contributed by atoms with Crippen molar-refractivity contribution in [3.63, 3.8) is 0 Å². The van der Waals surface area contributed by atoms with Gasteiger partial charge in [-0.25, -0.2) is 13.0 Å². The minimum absolute atomic E-state index is 0.296. The number of hydrogen-bond acceptors (Lipinski definition) is 6. The predicted octanol–water partition coefficient (Wildman–Crippen LogP) is 3.24. The summed E-state index contributed by atoms with van der Waals surface area (Å²) >= 11 is 0. The Balaban J connectivity index is 0.000000389. The maximum absolute atomic E-state index is 11.7. The minimum atomic E-state index is -4.13. The third-order valence-corrected chi connectivity index (χ3v) is 5.07.